The van der Waals surface area contributed by atoms with Gasteiger partial charge in [-0.05, 0) is 43.4 Å². The summed E-state index contributed by atoms with van der Waals surface area (Å²) in [6.07, 6.45) is 9.39. The van der Waals surface area contributed by atoms with Gasteiger partial charge in [-0.3, -0.25) is 4.79 Å². The maximum atomic E-state index is 12.1. The third-order valence-electron chi connectivity index (χ3n) is 4.02. The lowest BCUT2D eigenvalue weighted by Gasteiger charge is -2.20. The number of carbonyl (C=O) groups is 1. The van der Waals surface area contributed by atoms with Crippen LogP contribution in [0.2, 0.25) is 0 Å². The largest absolute Gasteiger partial charge is 0.326 e. The van der Waals surface area contributed by atoms with Crippen LogP contribution in [0, 0.1) is 5.92 Å². The van der Waals surface area contributed by atoms with Gasteiger partial charge in [0.05, 0.1) is 0 Å². The molecule has 1 fully saturated rings. The number of hydrogen-bond acceptors (Lipinski definition) is 1. The second-order valence-corrected chi connectivity index (χ2v) is 5.62. The van der Waals surface area contributed by atoms with Crippen LogP contribution in [0.1, 0.15) is 57.4 Å². The minimum atomic E-state index is 0.209. The van der Waals surface area contributed by atoms with E-state index in [1.807, 2.05) is 12.1 Å². The van der Waals surface area contributed by atoms with Crippen molar-refractivity contribution in [3.05, 3.63) is 29.8 Å². The summed E-state index contributed by atoms with van der Waals surface area (Å²) in [6.45, 7) is 2.21. The Morgan fingerprint density at radius 3 is 2.47 bits per heavy atom. The fraction of sp³-hybridized carbons (Fsp3) is 0.588. The highest BCUT2D eigenvalue weighted by Crippen LogP contribution is 2.25. The van der Waals surface area contributed by atoms with Crippen LogP contribution in [-0.2, 0) is 11.2 Å². The lowest BCUT2D eigenvalue weighted by Crippen LogP contribution is -2.24. The van der Waals surface area contributed by atoms with E-state index in [1.165, 1.54) is 37.7 Å². The molecule has 0 bridgehead atoms. The molecule has 0 radical (unpaired) electrons. The predicted molar refractivity (Wildman–Crippen MR) is 80.3 cm³/mol. The normalized spacial score (nSPS) is 16.3. The van der Waals surface area contributed by atoms with Crippen LogP contribution in [0.15, 0.2) is 24.3 Å². The number of hydrogen-bond donors (Lipinski definition) is 1. The van der Waals surface area contributed by atoms with Crippen molar-refractivity contribution in [1.82, 2.24) is 0 Å². The zero-order chi connectivity index (χ0) is 13.5. The molecule has 0 aliphatic heterocycles. The monoisotopic (exact) mass is 259 g/mol. The molecule has 2 heteroatoms. The molecule has 0 saturated heterocycles. The Kier molecular flexibility index (Phi) is 5.44. The molecule has 104 valence electrons. The average Bonchev–Trinajstić information content (AvgIpc) is 2.47. The average molecular weight is 259 g/mol. The van der Waals surface area contributed by atoms with Crippen molar-refractivity contribution in [2.24, 2.45) is 5.92 Å². The Bertz CT molecular complexity index is 390. The van der Waals surface area contributed by atoms with Crippen molar-refractivity contribution in [3.8, 4) is 0 Å². The summed E-state index contributed by atoms with van der Waals surface area (Å²) in [5, 5.41) is 3.06. The molecular formula is C17H25NO. The first-order valence-corrected chi connectivity index (χ1v) is 7.69. The van der Waals surface area contributed by atoms with Gasteiger partial charge in [0.1, 0.15) is 0 Å². The second kappa shape index (κ2) is 7.32. The van der Waals surface area contributed by atoms with Gasteiger partial charge in [0.15, 0.2) is 0 Å². The molecule has 1 aromatic carbocycles. The topological polar surface area (TPSA) is 29.1 Å². The molecule has 2 nitrogen and oxygen atoms in total. The van der Waals surface area contributed by atoms with E-state index >= 15 is 0 Å². The van der Waals surface area contributed by atoms with Crippen molar-refractivity contribution in [3.63, 3.8) is 0 Å². The third-order valence-corrected chi connectivity index (χ3v) is 4.02. The van der Waals surface area contributed by atoms with Crippen LogP contribution in [0.5, 0.6) is 0 Å². The van der Waals surface area contributed by atoms with E-state index in [2.05, 4.69) is 24.4 Å². The SMILES string of the molecule is CCCCc1ccc(NC(=O)C2CCCCC2)cc1. The number of amides is 1. The number of unbranched alkanes of at least 4 members (excludes halogenated alkanes) is 1. The van der Waals surface area contributed by atoms with Crippen molar-refractivity contribution in [1.29, 1.82) is 0 Å². The Balaban J connectivity index is 1.86. The number of carbonyl (C=O) groups excluding carboxylic acids is 1. The summed E-state index contributed by atoms with van der Waals surface area (Å²) in [5.41, 5.74) is 2.30. The van der Waals surface area contributed by atoms with Gasteiger partial charge in [0.25, 0.3) is 0 Å². The molecule has 1 aliphatic rings. The molecule has 0 unspecified atom stereocenters. The lowest BCUT2D eigenvalue weighted by atomic mass is 9.88. The van der Waals surface area contributed by atoms with Crippen LogP contribution >= 0.6 is 0 Å². The van der Waals surface area contributed by atoms with Gasteiger partial charge in [-0.25, -0.2) is 0 Å². The third kappa shape index (κ3) is 4.38. The lowest BCUT2D eigenvalue weighted by molar-refractivity contribution is -0.120. The predicted octanol–water partition coefficient (Wildman–Crippen LogP) is 4.55. The Labute approximate surface area is 116 Å². The molecular weight excluding hydrogens is 234 g/mol. The second-order valence-electron chi connectivity index (χ2n) is 5.62. The first-order chi connectivity index (χ1) is 9.29. The quantitative estimate of drug-likeness (QED) is 0.826. The molecule has 1 amide bonds. The molecule has 0 aromatic heterocycles. The van der Waals surface area contributed by atoms with Crippen LogP contribution in [0.3, 0.4) is 0 Å². The van der Waals surface area contributed by atoms with E-state index in [0.717, 1.165) is 24.9 Å². The summed E-state index contributed by atoms with van der Waals surface area (Å²) in [4.78, 5) is 12.1. The molecule has 1 N–H and O–H groups in total. The van der Waals surface area contributed by atoms with E-state index < -0.39 is 0 Å². The van der Waals surface area contributed by atoms with E-state index in [9.17, 15) is 4.79 Å². The molecule has 2 rings (SSSR count). The molecule has 1 aliphatic carbocycles. The summed E-state index contributed by atoms with van der Waals surface area (Å²) < 4.78 is 0. The smallest absolute Gasteiger partial charge is 0.227 e. The van der Waals surface area contributed by atoms with Crippen LogP contribution in [0.4, 0.5) is 5.69 Å². The van der Waals surface area contributed by atoms with Gasteiger partial charge in [-0.15, -0.1) is 0 Å². The van der Waals surface area contributed by atoms with Crippen LogP contribution < -0.4 is 5.32 Å². The van der Waals surface area contributed by atoms with Gasteiger partial charge >= 0.3 is 0 Å². The maximum Gasteiger partial charge on any atom is 0.227 e. The standard InChI is InChI=1S/C17H25NO/c1-2-3-7-14-10-12-16(13-11-14)18-17(19)15-8-5-4-6-9-15/h10-13,15H,2-9H2,1H3,(H,18,19). The number of nitrogens with one attached hydrogen (secondary N) is 1. The number of anilines is 1. The first kappa shape index (κ1) is 14.1. The Morgan fingerprint density at radius 1 is 1.16 bits per heavy atom. The van der Waals surface area contributed by atoms with Crippen LogP contribution in [-0.4, -0.2) is 5.91 Å². The highest BCUT2D eigenvalue weighted by Gasteiger charge is 2.20. The Morgan fingerprint density at radius 2 is 1.84 bits per heavy atom. The van der Waals surface area contributed by atoms with E-state index in [0.29, 0.717) is 0 Å². The van der Waals surface area contributed by atoms with Gasteiger partial charge in [0, 0.05) is 11.6 Å². The summed E-state index contributed by atoms with van der Waals surface area (Å²) in [6, 6.07) is 8.33. The summed E-state index contributed by atoms with van der Waals surface area (Å²) >= 11 is 0. The number of benzene rings is 1. The zero-order valence-corrected chi connectivity index (χ0v) is 12.0. The molecule has 0 heterocycles. The summed E-state index contributed by atoms with van der Waals surface area (Å²) in [5.74, 6) is 0.439. The molecule has 19 heavy (non-hydrogen) atoms. The highest BCUT2D eigenvalue weighted by atomic mass is 16.1. The van der Waals surface area contributed by atoms with Crippen LogP contribution in [0.25, 0.3) is 0 Å². The molecule has 0 atom stereocenters. The van der Waals surface area contributed by atoms with Gasteiger partial charge in [0.2, 0.25) is 5.91 Å². The highest BCUT2D eigenvalue weighted by molar-refractivity contribution is 5.92. The van der Waals surface area contributed by atoms with E-state index in [-0.39, 0.29) is 11.8 Å². The summed E-state index contributed by atoms with van der Waals surface area (Å²) in [7, 11) is 0. The van der Waals surface area contributed by atoms with Gasteiger partial charge < -0.3 is 5.32 Å². The molecule has 1 aromatic rings. The number of rotatable bonds is 5. The minimum Gasteiger partial charge on any atom is -0.326 e. The van der Waals surface area contributed by atoms with E-state index in [4.69, 9.17) is 0 Å². The van der Waals surface area contributed by atoms with Crippen molar-refractivity contribution in [2.45, 2.75) is 58.3 Å². The minimum absolute atomic E-state index is 0.209. The fourth-order valence-electron chi connectivity index (χ4n) is 2.74. The molecule has 1 saturated carbocycles. The van der Waals surface area contributed by atoms with Crippen molar-refractivity contribution >= 4 is 11.6 Å². The van der Waals surface area contributed by atoms with Crippen molar-refractivity contribution < 1.29 is 4.79 Å². The Hall–Kier alpha value is -1.31. The first-order valence-electron chi connectivity index (χ1n) is 7.69. The maximum absolute atomic E-state index is 12.1. The van der Waals surface area contributed by atoms with Crippen molar-refractivity contribution in [2.75, 3.05) is 5.32 Å². The molecule has 0 spiro atoms. The fourth-order valence-corrected chi connectivity index (χ4v) is 2.74. The van der Waals surface area contributed by atoms with Gasteiger partial charge in [-0.2, -0.15) is 0 Å². The zero-order valence-electron chi connectivity index (χ0n) is 12.0. The van der Waals surface area contributed by atoms with E-state index in [1.54, 1.807) is 0 Å². The number of aryl methyl sites for hydroxylation is 1. The van der Waals surface area contributed by atoms with Gasteiger partial charge in [-0.1, -0.05) is 44.7 Å².